The summed E-state index contributed by atoms with van der Waals surface area (Å²) >= 11 is 0. The van der Waals surface area contributed by atoms with Gasteiger partial charge in [0.15, 0.2) is 0 Å². The van der Waals surface area contributed by atoms with Gasteiger partial charge in [0.25, 0.3) is 0 Å². The van der Waals surface area contributed by atoms with E-state index in [1.54, 1.807) is 6.92 Å². The molecule has 6 heteroatoms. The van der Waals surface area contributed by atoms with Crippen LogP contribution < -0.4 is 10.2 Å². The minimum Gasteiger partial charge on any atom is -0.550 e. The summed E-state index contributed by atoms with van der Waals surface area (Å²) in [5.74, 6) is -2.17. The molecular weight excluding hydrogens is 211 g/mol. The summed E-state index contributed by atoms with van der Waals surface area (Å²) in [6.45, 7) is 3.88. The summed E-state index contributed by atoms with van der Waals surface area (Å²) < 4.78 is 0. The number of aliphatic carboxylic acids is 2. The Labute approximate surface area is 81.6 Å². The quantitative estimate of drug-likeness (QED) is 0.489. The number of aliphatic hydroxyl groups is 1. The van der Waals surface area contributed by atoms with Crippen molar-refractivity contribution in [2.24, 2.45) is 0 Å². The van der Waals surface area contributed by atoms with Gasteiger partial charge in [-0.05, 0) is 20.8 Å². The minimum atomic E-state index is -1.08. The zero-order chi connectivity index (χ0) is 9.86. The number of carbonyl (C=O) groups is 2. The molecule has 1 N–H and O–H groups in total. The second kappa shape index (κ2) is 22.4. The molecule has 0 aromatic heterocycles. The van der Waals surface area contributed by atoms with E-state index < -0.39 is 11.9 Å². The molecule has 0 rings (SSSR count). The summed E-state index contributed by atoms with van der Waals surface area (Å²) in [5.41, 5.74) is 0. The van der Waals surface area contributed by atoms with Gasteiger partial charge in [-0.2, -0.15) is 0 Å². The molecule has 0 atom stereocenters. The third-order valence-electron chi connectivity index (χ3n) is 0. The molecule has 1 radical (unpaired) electrons. The van der Waals surface area contributed by atoms with Crippen LogP contribution in [0.4, 0.5) is 0 Å². The fourth-order valence-corrected chi connectivity index (χ4v) is 0. The van der Waals surface area contributed by atoms with Crippen molar-refractivity contribution in [3.8, 4) is 0 Å². The summed E-state index contributed by atoms with van der Waals surface area (Å²) in [5, 5.41) is 25.3. The molecule has 0 aliphatic carbocycles. The van der Waals surface area contributed by atoms with Crippen LogP contribution in [0.3, 0.4) is 0 Å². The van der Waals surface area contributed by atoms with Crippen LogP contribution in [0.5, 0.6) is 0 Å². The average molecular weight is 223 g/mol. The Morgan fingerprint density at radius 2 is 1.17 bits per heavy atom. The molecular formula is C6H12CoO5. The first-order valence-corrected chi connectivity index (χ1v) is 2.84. The molecule has 0 saturated carbocycles. The number of hydrogen-bond acceptors (Lipinski definition) is 5. The molecule has 0 aliphatic heterocycles. The zero-order valence-corrected chi connectivity index (χ0v) is 8.16. The van der Waals surface area contributed by atoms with Gasteiger partial charge in [-0.15, -0.1) is 0 Å². The molecule has 0 aromatic carbocycles. The van der Waals surface area contributed by atoms with Gasteiger partial charge in [-0.1, -0.05) is 0 Å². The van der Waals surface area contributed by atoms with Crippen LogP contribution >= 0.6 is 0 Å². The van der Waals surface area contributed by atoms with E-state index in [2.05, 4.69) is 0 Å². The van der Waals surface area contributed by atoms with Crippen molar-refractivity contribution in [2.45, 2.75) is 20.8 Å². The van der Waals surface area contributed by atoms with Crippen molar-refractivity contribution in [1.29, 1.82) is 0 Å². The molecule has 0 aliphatic rings. The van der Waals surface area contributed by atoms with E-state index in [1.807, 2.05) is 0 Å². The second-order valence-electron chi connectivity index (χ2n) is 1.30. The Morgan fingerprint density at radius 3 is 1.17 bits per heavy atom. The summed E-state index contributed by atoms with van der Waals surface area (Å²) in [6, 6.07) is 0. The van der Waals surface area contributed by atoms with Gasteiger partial charge in [-0.25, -0.2) is 0 Å². The number of hydrogen-bond donors (Lipinski definition) is 1. The van der Waals surface area contributed by atoms with Gasteiger partial charge < -0.3 is 24.9 Å². The minimum absolute atomic E-state index is 0. The Kier molecular flexibility index (Phi) is 42.1. The van der Waals surface area contributed by atoms with Crippen molar-refractivity contribution in [3.63, 3.8) is 0 Å². The Bertz CT molecular complexity index is 84.1. The predicted molar refractivity (Wildman–Crippen MR) is 34.1 cm³/mol. The van der Waals surface area contributed by atoms with Gasteiger partial charge >= 0.3 is 16.8 Å². The maximum Gasteiger partial charge on any atom is 2.00 e. The number of aliphatic hydroxyl groups excluding tert-OH is 1. The van der Waals surface area contributed by atoms with E-state index in [1.165, 1.54) is 0 Å². The maximum absolute atomic E-state index is 8.89. The first kappa shape index (κ1) is 22.5. The molecule has 12 heavy (non-hydrogen) atoms. The third-order valence-corrected chi connectivity index (χ3v) is 0. The largest absolute Gasteiger partial charge is 2.00 e. The van der Waals surface area contributed by atoms with Crippen LogP contribution in [0.1, 0.15) is 20.8 Å². The number of carbonyl (C=O) groups excluding carboxylic acids is 2. The van der Waals surface area contributed by atoms with Crippen molar-refractivity contribution in [2.75, 3.05) is 6.61 Å². The van der Waals surface area contributed by atoms with Crippen molar-refractivity contribution in [1.82, 2.24) is 0 Å². The standard InChI is InChI=1S/2C2H4O2.C2H6O.Co/c2*1-2(3)4;1-2-3;/h2*1H3,(H,3,4);3H,2H2,1H3;/q;;;+2/p-2. The van der Waals surface area contributed by atoms with E-state index >= 15 is 0 Å². The Morgan fingerprint density at radius 1 is 1.17 bits per heavy atom. The number of rotatable bonds is 0. The zero-order valence-electron chi connectivity index (χ0n) is 7.12. The van der Waals surface area contributed by atoms with Crippen LogP contribution in [0.15, 0.2) is 0 Å². The van der Waals surface area contributed by atoms with Gasteiger partial charge in [0.2, 0.25) is 0 Å². The van der Waals surface area contributed by atoms with Gasteiger partial charge in [0.1, 0.15) is 0 Å². The molecule has 0 saturated heterocycles. The van der Waals surface area contributed by atoms with Crippen molar-refractivity contribution < 1.29 is 41.7 Å². The van der Waals surface area contributed by atoms with Gasteiger partial charge in [-0.3, -0.25) is 0 Å². The number of carboxylic acids is 2. The van der Waals surface area contributed by atoms with E-state index in [0.29, 0.717) is 0 Å². The monoisotopic (exact) mass is 223 g/mol. The summed E-state index contributed by atoms with van der Waals surface area (Å²) in [6.07, 6.45) is 0. The third kappa shape index (κ3) is 1890. The average Bonchev–Trinajstić information content (AvgIpc) is 1.60. The Balaban J connectivity index is -0.0000000389. The van der Waals surface area contributed by atoms with Crippen molar-refractivity contribution >= 4 is 11.9 Å². The van der Waals surface area contributed by atoms with E-state index in [4.69, 9.17) is 24.9 Å². The fraction of sp³-hybridized carbons (Fsp3) is 0.667. The first-order chi connectivity index (χ1) is 4.88. The first-order valence-electron chi connectivity index (χ1n) is 2.84. The molecule has 75 valence electrons. The second-order valence-corrected chi connectivity index (χ2v) is 1.30. The van der Waals surface area contributed by atoms with E-state index in [9.17, 15) is 0 Å². The van der Waals surface area contributed by atoms with Crippen LogP contribution in [0.2, 0.25) is 0 Å². The maximum atomic E-state index is 8.89. The molecule has 5 nitrogen and oxygen atoms in total. The molecule has 0 bridgehead atoms. The molecule has 0 unspecified atom stereocenters. The molecule has 0 fully saturated rings. The van der Waals surface area contributed by atoms with Gasteiger partial charge in [0.05, 0.1) is 0 Å². The van der Waals surface area contributed by atoms with Crippen LogP contribution in [0.25, 0.3) is 0 Å². The topological polar surface area (TPSA) is 100 Å². The van der Waals surface area contributed by atoms with E-state index in [0.717, 1.165) is 13.8 Å². The van der Waals surface area contributed by atoms with Crippen LogP contribution in [-0.2, 0) is 26.4 Å². The fourth-order valence-electron chi connectivity index (χ4n) is 0. The van der Waals surface area contributed by atoms with Gasteiger partial charge in [0, 0.05) is 18.5 Å². The van der Waals surface area contributed by atoms with Crippen LogP contribution in [-0.4, -0.2) is 23.7 Å². The van der Waals surface area contributed by atoms with Crippen LogP contribution in [0, 0.1) is 0 Å². The van der Waals surface area contributed by atoms with E-state index in [-0.39, 0.29) is 23.4 Å². The smallest absolute Gasteiger partial charge is 0.550 e. The normalized spacial score (nSPS) is 5.67. The molecule has 0 spiro atoms. The molecule has 0 heterocycles. The summed E-state index contributed by atoms with van der Waals surface area (Å²) in [4.78, 5) is 17.8. The summed E-state index contributed by atoms with van der Waals surface area (Å²) in [7, 11) is 0. The van der Waals surface area contributed by atoms with Crippen molar-refractivity contribution in [3.05, 3.63) is 0 Å². The molecule has 0 aromatic rings. The molecule has 0 amide bonds. The predicted octanol–water partition coefficient (Wildman–Crippen LogP) is -2.49. The number of carboxylic acid groups (broad SMARTS) is 2. The SMILES string of the molecule is CC(=O)[O-].CC(=O)[O-].CCO.[Co+2]. The Hall–Kier alpha value is -0.594.